The summed E-state index contributed by atoms with van der Waals surface area (Å²) in [5, 5.41) is 0. The van der Waals surface area contributed by atoms with Crippen molar-refractivity contribution in [3.63, 3.8) is 0 Å². The highest BCUT2D eigenvalue weighted by Gasteiger charge is 2.39. The molecule has 0 bridgehead atoms. The summed E-state index contributed by atoms with van der Waals surface area (Å²) in [5.74, 6) is 0. The summed E-state index contributed by atoms with van der Waals surface area (Å²) in [5.41, 5.74) is 8.01. The molecule has 17 heavy (non-hydrogen) atoms. The number of hydrogen-bond donors (Lipinski definition) is 1. The zero-order chi connectivity index (χ0) is 12.0. The monoisotopic (exact) mass is 229 g/mol. The second kappa shape index (κ2) is 3.34. The van der Waals surface area contributed by atoms with Gasteiger partial charge in [0.1, 0.15) is 0 Å². The second-order valence-corrected chi connectivity index (χ2v) is 4.76. The smallest absolute Gasteiger partial charge is 0.321 e. The maximum Gasteiger partial charge on any atom is 0.332 e. The van der Waals surface area contributed by atoms with E-state index in [9.17, 15) is 4.79 Å². The van der Waals surface area contributed by atoms with Crippen molar-refractivity contribution in [2.45, 2.75) is 18.4 Å². The van der Waals surface area contributed by atoms with E-state index in [1.807, 2.05) is 24.3 Å². The molecule has 4 nitrogen and oxygen atoms in total. The van der Waals surface area contributed by atoms with E-state index in [4.69, 9.17) is 5.73 Å². The van der Waals surface area contributed by atoms with Crippen molar-refractivity contribution in [2.75, 3.05) is 0 Å². The molecule has 0 atom stereocenters. The maximum atomic E-state index is 11.8. The predicted octanol–water partition coefficient (Wildman–Crippen LogP) is 1.12. The zero-order valence-corrected chi connectivity index (χ0v) is 9.76. The van der Waals surface area contributed by atoms with E-state index in [0.29, 0.717) is 0 Å². The number of benzene rings is 1. The lowest BCUT2D eigenvalue weighted by atomic mass is 10.1. The lowest BCUT2D eigenvalue weighted by Gasteiger charge is -2.09. The van der Waals surface area contributed by atoms with Gasteiger partial charge in [0.15, 0.2) is 0 Å². The predicted molar refractivity (Wildman–Crippen MR) is 66.1 cm³/mol. The molecule has 88 valence electrons. The lowest BCUT2D eigenvalue weighted by Crippen LogP contribution is -2.21. The Bertz CT molecular complexity index is 602. The molecule has 0 spiro atoms. The quantitative estimate of drug-likeness (QED) is 0.839. The summed E-state index contributed by atoms with van der Waals surface area (Å²) in [6.07, 6.45) is 5.63. The minimum Gasteiger partial charge on any atom is -0.321 e. The van der Waals surface area contributed by atoms with Crippen LogP contribution in [0.4, 0.5) is 0 Å². The van der Waals surface area contributed by atoms with Gasteiger partial charge in [-0.3, -0.25) is 4.57 Å². The Kier molecular flexibility index (Phi) is 2.03. The minimum absolute atomic E-state index is 0.0355. The summed E-state index contributed by atoms with van der Waals surface area (Å²) >= 11 is 0. The first kappa shape index (κ1) is 10.4. The van der Waals surface area contributed by atoms with Crippen LogP contribution in [0, 0.1) is 0 Å². The molecule has 1 aliphatic carbocycles. The molecule has 0 saturated heterocycles. The molecule has 1 saturated carbocycles. The van der Waals surface area contributed by atoms with E-state index in [2.05, 4.69) is 0 Å². The summed E-state index contributed by atoms with van der Waals surface area (Å²) < 4.78 is 3.18. The van der Waals surface area contributed by atoms with Gasteiger partial charge in [-0.15, -0.1) is 0 Å². The first-order valence-electron chi connectivity index (χ1n) is 5.74. The van der Waals surface area contributed by atoms with Gasteiger partial charge in [-0.25, -0.2) is 4.79 Å². The SMILES string of the molecule is Cn1ccn(-c2ccc(C3(N)CC3)cc2)c1=O. The number of nitrogens with two attached hydrogens (primary N) is 1. The van der Waals surface area contributed by atoms with Crippen LogP contribution in [0.2, 0.25) is 0 Å². The standard InChI is InChI=1S/C13H15N3O/c1-15-8-9-16(12(15)17)11-4-2-10(3-5-11)13(14)6-7-13/h2-5,8-9H,6-7,14H2,1H3. The average Bonchev–Trinajstić information content (AvgIpc) is 3.00. The Morgan fingerprint density at radius 1 is 1.18 bits per heavy atom. The van der Waals surface area contributed by atoms with Crippen LogP contribution in [-0.2, 0) is 12.6 Å². The normalized spacial score (nSPS) is 17.1. The van der Waals surface area contributed by atoms with Gasteiger partial charge in [-0.2, -0.15) is 0 Å². The molecule has 2 aromatic rings. The van der Waals surface area contributed by atoms with Gasteiger partial charge >= 0.3 is 5.69 Å². The molecule has 4 heteroatoms. The van der Waals surface area contributed by atoms with E-state index >= 15 is 0 Å². The van der Waals surface area contributed by atoms with Crippen LogP contribution in [0.15, 0.2) is 41.5 Å². The summed E-state index contributed by atoms with van der Waals surface area (Å²) in [6, 6.07) is 7.93. The van der Waals surface area contributed by atoms with E-state index in [0.717, 1.165) is 24.1 Å². The topological polar surface area (TPSA) is 52.9 Å². The Morgan fingerprint density at radius 2 is 1.82 bits per heavy atom. The van der Waals surface area contributed by atoms with Gasteiger partial charge in [0.25, 0.3) is 0 Å². The van der Waals surface area contributed by atoms with Crippen molar-refractivity contribution >= 4 is 0 Å². The molecule has 1 heterocycles. The van der Waals surface area contributed by atoms with Crippen molar-refractivity contribution in [2.24, 2.45) is 12.8 Å². The van der Waals surface area contributed by atoms with Crippen molar-refractivity contribution in [1.29, 1.82) is 0 Å². The van der Waals surface area contributed by atoms with Gasteiger partial charge in [0.05, 0.1) is 5.69 Å². The molecule has 0 unspecified atom stereocenters. The highest BCUT2D eigenvalue weighted by Crippen LogP contribution is 2.42. The van der Waals surface area contributed by atoms with Crippen molar-refractivity contribution in [1.82, 2.24) is 9.13 Å². The number of imidazole rings is 1. The summed E-state index contributed by atoms with van der Waals surface area (Å²) in [6.45, 7) is 0. The number of rotatable bonds is 2. The molecule has 3 rings (SSSR count). The zero-order valence-electron chi connectivity index (χ0n) is 9.76. The molecule has 1 fully saturated rings. The van der Waals surface area contributed by atoms with Gasteiger partial charge in [0.2, 0.25) is 0 Å². The first-order valence-corrected chi connectivity index (χ1v) is 5.74. The number of hydrogen-bond acceptors (Lipinski definition) is 2. The van der Waals surface area contributed by atoms with Gasteiger partial charge < -0.3 is 10.3 Å². The fourth-order valence-electron chi connectivity index (χ4n) is 2.04. The Labute approximate surface area is 99.3 Å². The average molecular weight is 229 g/mol. The third-order valence-electron chi connectivity index (χ3n) is 3.46. The van der Waals surface area contributed by atoms with Crippen LogP contribution in [0.5, 0.6) is 0 Å². The largest absolute Gasteiger partial charge is 0.332 e. The third-order valence-corrected chi connectivity index (χ3v) is 3.46. The van der Waals surface area contributed by atoms with E-state index in [1.165, 1.54) is 0 Å². The molecule has 0 amide bonds. The first-order chi connectivity index (χ1) is 8.10. The van der Waals surface area contributed by atoms with Gasteiger partial charge in [-0.1, -0.05) is 12.1 Å². The second-order valence-electron chi connectivity index (χ2n) is 4.76. The van der Waals surface area contributed by atoms with E-state index in [1.54, 1.807) is 28.6 Å². The fraction of sp³-hybridized carbons (Fsp3) is 0.308. The molecule has 0 aliphatic heterocycles. The number of aryl methyl sites for hydroxylation is 1. The van der Waals surface area contributed by atoms with E-state index in [-0.39, 0.29) is 11.2 Å². The number of nitrogens with zero attached hydrogens (tertiary/aromatic N) is 2. The van der Waals surface area contributed by atoms with Crippen LogP contribution < -0.4 is 11.4 Å². The molecule has 2 N–H and O–H groups in total. The van der Waals surface area contributed by atoms with Crippen LogP contribution in [0.25, 0.3) is 5.69 Å². The highest BCUT2D eigenvalue weighted by atomic mass is 16.1. The molecular weight excluding hydrogens is 214 g/mol. The molecule has 1 aromatic heterocycles. The molecular formula is C13H15N3O. The van der Waals surface area contributed by atoms with Crippen molar-refractivity contribution in [3.8, 4) is 5.69 Å². The van der Waals surface area contributed by atoms with Crippen LogP contribution >= 0.6 is 0 Å². The van der Waals surface area contributed by atoms with Crippen LogP contribution in [-0.4, -0.2) is 9.13 Å². The Balaban J connectivity index is 2.00. The molecule has 1 aliphatic rings. The lowest BCUT2D eigenvalue weighted by molar-refractivity contribution is 0.739. The van der Waals surface area contributed by atoms with Crippen LogP contribution in [0.3, 0.4) is 0 Å². The van der Waals surface area contributed by atoms with Gasteiger partial charge in [0, 0.05) is 25.0 Å². The highest BCUT2D eigenvalue weighted by molar-refractivity contribution is 5.39. The number of aromatic nitrogens is 2. The minimum atomic E-state index is -0.111. The molecule has 1 aromatic carbocycles. The van der Waals surface area contributed by atoms with E-state index < -0.39 is 0 Å². The fourth-order valence-corrected chi connectivity index (χ4v) is 2.04. The van der Waals surface area contributed by atoms with Gasteiger partial charge in [-0.05, 0) is 30.5 Å². The summed E-state index contributed by atoms with van der Waals surface area (Å²) in [4.78, 5) is 11.8. The Morgan fingerprint density at radius 3 is 2.29 bits per heavy atom. The van der Waals surface area contributed by atoms with Crippen molar-refractivity contribution in [3.05, 3.63) is 52.7 Å². The molecule has 0 radical (unpaired) electrons. The maximum absolute atomic E-state index is 11.8. The van der Waals surface area contributed by atoms with Crippen LogP contribution in [0.1, 0.15) is 18.4 Å². The Hall–Kier alpha value is -1.81. The third kappa shape index (κ3) is 1.61. The summed E-state index contributed by atoms with van der Waals surface area (Å²) in [7, 11) is 1.74. The van der Waals surface area contributed by atoms with Crippen molar-refractivity contribution < 1.29 is 0 Å².